The fourth-order valence-electron chi connectivity index (χ4n) is 2.93. The van der Waals surface area contributed by atoms with E-state index in [2.05, 4.69) is 22.0 Å². The number of alkyl halides is 3. The van der Waals surface area contributed by atoms with Gasteiger partial charge in [0.05, 0.1) is 11.6 Å². The molecule has 2 aromatic rings. The highest BCUT2D eigenvalue weighted by Gasteiger charge is 2.31. The van der Waals surface area contributed by atoms with Crippen molar-refractivity contribution in [2.24, 2.45) is 5.92 Å². The lowest BCUT2D eigenvalue weighted by molar-refractivity contribution is -0.137. The number of benzene rings is 1. The Bertz CT molecular complexity index is 690. The molecule has 0 bridgehead atoms. The van der Waals surface area contributed by atoms with Gasteiger partial charge in [0, 0.05) is 5.56 Å². The van der Waals surface area contributed by atoms with Crippen LogP contribution in [-0.4, -0.2) is 28.1 Å². The second kappa shape index (κ2) is 6.55. The molecule has 0 N–H and O–H groups in total. The number of halogens is 3. The molecule has 3 rings (SSSR count). The van der Waals surface area contributed by atoms with Gasteiger partial charge in [-0.05, 0) is 50.9 Å². The number of hydrogen-bond donors (Lipinski definition) is 0. The van der Waals surface area contributed by atoms with Gasteiger partial charge in [0.2, 0.25) is 11.7 Å². The second-order valence-electron chi connectivity index (χ2n) is 6.43. The second-order valence-corrected chi connectivity index (χ2v) is 6.43. The maximum atomic E-state index is 12.8. The molecule has 4 nitrogen and oxygen atoms in total. The summed E-state index contributed by atoms with van der Waals surface area (Å²) >= 11 is 0. The van der Waals surface area contributed by atoms with E-state index in [1.165, 1.54) is 6.07 Å². The van der Waals surface area contributed by atoms with Gasteiger partial charge in [0.1, 0.15) is 0 Å². The number of nitrogens with zero attached hydrogens (tertiary/aromatic N) is 3. The van der Waals surface area contributed by atoms with Crippen LogP contribution in [0.25, 0.3) is 11.4 Å². The Balaban J connectivity index is 1.78. The van der Waals surface area contributed by atoms with Crippen molar-refractivity contribution < 1.29 is 17.7 Å². The van der Waals surface area contributed by atoms with Gasteiger partial charge in [-0.25, -0.2) is 0 Å². The topological polar surface area (TPSA) is 42.2 Å². The third-order valence-corrected chi connectivity index (χ3v) is 4.61. The summed E-state index contributed by atoms with van der Waals surface area (Å²) in [6.45, 7) is 6.15. The molecule has 24 heavy (non-hydrogen) atoms. The van der Waals surface area contributed by atoms with Gasteiger partial charge in [-0.15, -0.1) is 0 Å². The molecule has 7 heteroatoms. The minimum absolute atomic E-state index is 0.0375. The fraction of sp³-hybridized carbons (Fsp3) is 0.529. The van der Waals surface area contributed by atoms with Gasteiger partial charge in [-0.1, -0.05) is 24.2 Å². The summed E-state index contributed by atoms with van der Waals surface area (Å²) in [5.74, 6) is 1.35. The lowest BCUT2D eigenvalue weighted by atomic mass is 9.98. The van der Waals surface area contributed by atoms with Crippen molar-refractivity contribution in [2.45, 2.75) is 38.9 Å². The fourth-order valence-corrected chi connectivity index (χ4v) is 2.93. The Hall–Kier alpha value is -1.89. The molecule has 0 amide bonds. The van der Waals surface area contributed by atoms with Crippen molar-refractivity contribution in [2.75, 3.05) is 13.1 Å². The Morgan fingerprint density at radius 2 is 1.96 bits per heavy atom. The zero-order valence-electron chi connectivity index (χ0n) is 13.7. The van der Waals surface area contributed by atoms with E-state index >= 15 is 0 Å². The molecule has 2 heterocycles. The van der Waals surface area contributed by atoms with E-state index in [1.54, 1.807) is 6.07 Å². The van der Waals surface area contributed by atoms with E-state index in [0.717, 1.165) is 44.0 Å². The van der Waals surface area contributed by atoms with E-state index in [0.29, 0.717) is 11.5 Å². The van der Waals surface area contributed by atoms with Gasteiger partial charge in [0.25, 0.3) is 0 Å². The highest BCUT2D eigenvalue weighted by Crippen LogP contribution is 2.32. The summed E-state index contributed by atoms with van der Waals surface area (Å²) in [5, 5.41) is 3.86. The molecule has 1 aromatic carbocycles. The predicted molar refractivity (Wildman–Crippen MR) is 83.1 cm³/mol. The average molecular weight is 339 g/mol. The molecule has 0 spiro atoms. The molecule has 1 saturated heterocycles. The summed E-state index contributed by atoms with van der Waals surface area (Å²) in [5.41, 5.74) is -0.413. The van der Waals surface area contributed by atoms with Gasteiger partial charge >= 0.3 is 6.18 Å². The number of likely N-dealkylation sites (tertiary alicyclic amines) is 1. The molecule has 0 radical (unpaired) electrons. The highest BCUT2D eigenvalue weighted by molar-refractivity contribution is 5.55. The summed E-state index contributed by atoms with van der Waals surface area (Å²) in [6, 6.07) is 4.94. The van der Waals surface area contributed by atoms with E-state index < -0.39 is 11.7 Å². The van der Waals surface area contributed by atoms with E-state index in [1.807, 2.05) is 6.92 Å². The first-order chi connectivity index (χ1) is 11.3. The lowest BCUT2D eigenvalue weighted by Gasteiger charge is -2.33. The van der Waals surface area contributed by atoms with Crippen LogP contribution in [0.4, 0.5) is 13.2 Å². The summed E-state index contributed by atoms with van der Waals surface area (Å²) in [7, 11) is 0. The number of aromatic nitrogens is 2. The van der Waals surface area contributed by atoms with E-state index in [9.17, 15) is 13.2 Å². The zero-order valence-corrected chi connectivity index (χ0v) is 13.7. The van der Waals surface area contributed by atoms with Crippen molar-refractivity contribution in [1.29, 1.82) is 0 Å². The van der Waals surface area contributed by atoms with Crippen molar-refractivity contribution in [3.8, 4) is 11.4 Å². The molecular formula is C17H20F3N3O. The molecule has 130 valence electrons. The molecule has 1 aromatic heterocycles. The number of hydrogen-bond acceptors (Lipinski definition) is 4. The largest absolute Gasteiger partial charge is 0.416 e. The molecule has 1 fully saturated rings. The smallest absolute Gasteiger partial charge is 0.337 e. The van der Waals surface area contributed by atoms with Crippen molar-refractivity contribution in [1.82, 2.24) is 15.0 Å². The summed E-state index contributed by atoms with van der Waals surface area (Å²) in [4.78, 5) is 6.58. The van der Waals surface area contributed by atoms with Crippen LogP contribution < -0.4 is 0 Å². The molecule has 1 aliphatic heterocycles. The quantitative estimate of drug-likeness (QED) is 0.823. The molecule has 0 saturated carbocycles. The van der Waals surface area contributed by atoms with E-state index in [-0.39, 0.29) is 11.9 Å². The van der Waals surface area contributed by atoms with Crippen LogP contribution in [0.5, 0.6) is 0 Å². The monoisotopic (exact) mass is 339 g/mol. The minimum Gasteiger partial charge on any atom is -0.337 e. The number of piperidine rings is 1. The first kappa shape index (κ1) is 17.0. The van der Waals surface area contributed by atoms with Crippen LogP contribution in [0.1, 0.15) is 44.2 Å². The highest BCUT2D eigenvalue weighted by atomic mass is 19.4. The van der Waals surface area contributed by atoms with Crippen molar-refractivity contribution in [3.63, 3.8) is 0 Å². The van der Waals surface area contributed by atoms with E-state index in [4.69, 9.17) is 4.52 Å². The Morgan fingerprint density at radius 1 is 1.25 bits per heavy atom. The van der Waals surface area contributed by atoms with Crippen LogP contribution >= 0.6 is 0 Å². The SMILES string of the molecule is CC1CCN(C(C)c2nc(-c3cccc(C(F)(F)F)c3)no2)CC1. The maximum Gasteiger partial charge on any atom is 0.416 e. The standard InChI is InChI=1S/C17H20F3N3O/c1-11-6-8-23(9-7-11)12(2)16-21-15(22-24-16)13-4-3-5-14(10-13)17(18,19)20/h3-5,10-12H,6-9H2,1-2H3. The average Bonchev–Trinajstić information content (AvgIpc) is 3.04. The molecule has 0 aliphatic carbocycles. The van der Waals surface area contributed by atoms with Gasteiger partial charge in [-0.3, -0.25) is 4.90 Å². The third-order valence-electron chi connectivity index (χ3n) is 4.61. The van der Waals surface area contributed by atoms with Gasteiger partial charge in [-0.2, -0.15) is 18.2 Å². The molecular weight excluding hydrogens is 319 g/mol. The van der Waals surface area contributed by atoms with Crippen molar-refractivity contribution >= 4 is 0 Å². The minimum atomic E-state index is -4.39. The maximum absolute atomic E-state index is 12.8. The molecule has 1 aliphatic rings. The van der Waals surface area contributed by atoms with Crippen LogP contribution in [0.3, 0.4) is 0 Å². The predicted octanol–water partition coefficient (Wildman–Crippen LogP) is 4.55. The van der Waals surface area contributed by atoms with Gasteiger partial charge in [0.15, 0.2) is 0 Å². The number of rotatable bonds is 3. The van der Waals surface area contributed by atoms with Gasteiger partial charge < -0.3 is 4.52 Å². The Morgan fingerprint density at radius 3 is 2.62 bits per heavy atom. The van der Waals surface area contributed by atoms with Crippen molar-refractivity contribution in [3.05, 3.63) is 35.7 Å². The van der Waals surface area contributed by atoms with Crippen LogP contribution in [0, 0.1) is 5.92 Å². The van der Waals surface area contributed by atoms with Crippen LogP contribution in [0.2, 0.25) is 0 Å². The Kier molecular flexibility index (Phi) is 4.62. The third kappa shape index (κ3) is 3.61. The summed E-state index contributed by atoms with van der Waals surface area (Å²) in [6.07, 6.45) is -2.14. The molecule has 1 atom stereocenters. The first-order valence-corrected chi connectivity index (χ1v) is 8.10. The Labute approximate surface area is 138 Å². The van der Waals surface area contributed by atoms with Crippen LogP contribution in [0.15, 0.2) is 28.8 Å². The first-order valence-electron chi connectivity index (χ1n) is 8.10. The van der Waals surface area contributed by atoms with Crippen LogP contribution in [-0.2, 0) is 6.18 Å². The zero-order chi connectivity index (χ0) is 17.3. The molecule has 1 unspecified atom stereocenters. The normalized spacial score (nSPS) is 18.7. The summed E-state index contributed by atoms with van der Waals surface area (Å²) < 4.78 is 43.8. The lowest BCUT2D eigenvalue weighted by Crippen LogP contribution is -2.35.